The van der Waals surface area contributed by atoms with E-state index in [0.717, 1.165) is 30.8 Å². The van der Waals surface area contributed by atoms with E-state index in [1.165, 1.54) is 31.5 Å². The number of halogens is 1. The molecular formula is C16H19ClN4O4S. The molecule has 1 aromatic rings. The molecule has 8 nitrogen and oxygen atoms in total. The summed E-state index contributed by atoms with van der Waals surface area (Å²) in [6, 6.07) is 2.47. The second kappa shape index (κ2) is 9.44. The number of nitro benzene ring substituents is 1. The van der Waals surface area contributed by atoms with E-state index in [4.69, 9.17) is 22.1 Å². The monoisotopic (exact) mass is 398 g/mol. The zero-order chi connectivity index (χ0) is 19.1. The number of ether oxygens (including phenoxy) is 1. The van der Waals surface area contributed by atoms with E-state index in [1.807, 2.05) is 0 Å². The van der Waals surface area contributed by atoms with Gasteiger partial charge in [0.15, 0.2) is 5.69 Å². The standard InChI is InChI=1S/C16H19ClN4O4S/c1-19-13(7-8-18)25-16(22)11-5-6-12(21(23)24)15(14(11)17)20-26-9-3-2-4-10-26/h5-8H,2-4,9-10,18H2,1H3. The van der Waals surface area contributed by atoms with Crippen molar-refractivity contribution in [2.45, 2.75) is 19.3 Å². The number of nitro groups is 1. The molecule has 0 bridgehead atoms. The smallest absolute Gasteiger partial charge is 0.346 e. The van der Waals surface area contributed by atoms with Gasteiger partial charge in [-0.25, -0.2) is 9.16 Å². The van der Waals surface area contributed by atoms with Crippen LogP contribution >= 0.6 is 11.6 Å². The first-order valence-corrected chi connectivity index (χ1v) is 9.81. The molecule has 0 aromatic heterocycles. The van der Waals surface area contributed by atoms with Crippen LogP contribution in [-0.4, -0.2) is 35.3 Å². The molecule has 1 heterocycles. The van der Waals surface area contributed by atoms with Crippen LogP contribution in [0, 0.1) is 10.1 Å². The number of esters is 1. The van der Waals surface area contributed by atoms with Crippen molar-refractivity contribution in [2.24, 2.45) is 15.1 Å². The lowest BCUT2D eigenvalue weighted by molar-refractivity contribution is -0.384. The molecule has 0 aliphatic carbocycles. The van der Waals surface area contributed by atoms with Crippen molar-refractivity contribution in [2.75, 3.05) is 18.6 Å². The number of hydrogen-bond acceptors (Lipinski definition) is 7. The van der Waals surface area contributed by atoms with Crippen molar-refractivity contribution in [1.82, 2.24) is 0 Å². The summed E-state index contributed by atoms with van der Waals surface area (Å²) in [7, 11) is 1.10. The number of hydrogen-bond donors (Lipinski definition) is 1. The van der Waals surface area contributed by atoms with E-state index in [1.54, 1.807) is 0 Å². The normalized spacial score (nSPS) is 15.8. The number of benzene rings is 1. The Balaban J connectivity index is 2.44. The van der Waals surface area contributed by atoms with Gasteiger partial charge in [0.25, 0.3) is 5.69 Å². The Morgan fingerprint density at radius 3 is 2.65 bits per heavy atom. The summed E-state index contributed by atoms with van der Waals surface area (Å²) >= 11 is 6.30. The molecule has 1 aliphatic heterocycles. The van der Waals surface area contributed by atoms with Crippen LogP contribution in [0.15, 0.2) is 33.8 Å². The lowest BCUT2D eigenvalue weighted by Gasteiger charge is -2.14. The van der Waals surface area contributed by atoms with Crippen LogP contribution in [0.2, 0.25) is 5.02 Å². The van der Waals surface area contributed by atoms with Gasteiger partial charge in [-0.3, -0.25) is 15.1 Å². The molecule has 1 fully saturated rings. The Morgan fingerprint density at radius 2 is 2.08 bits per heavy atom. The fraction of sp³-hybridized carbons (Fsp3) is 0.375. The topological polar surface area (TPSA) is 120 Å². The van der Waals surface area contributed by atoms with Crippen LogP contribution in [0.1, 0.15) is 29.6 Å². The van der Waals surface area contributed by atoms with E-state index < -0.39 is 10.9 Å². The van der Waals surface area contributed by atoms with Gasteiger partial charge in [-0.1, -0.05) is 28.7 Å². The minimum Gasteiger partial charge on any atom is -0.404 e. The van der Waals surface area contributed by atoms with Crippen LogP contribution in [0.3, 0.4) is 0 Å². The first-order chi connectivity index (χ1) is 12.5. The highest BCUT2D eigenvalue weighted by Crippen LogP contribution is 2.39. The molecule has 1 aliphatic rings. The predicted octanol–water partition coefficient (Wildman–Crippen LogP) is 3.52. The highest BCUT2D eigenvalue weighted by atomic mass is 35.5. The van der Waals surface area contributed by atoms with E-state index in [9.17, 15) is 14.9 Å². The predicted molar refractivity (Wildman–Crippen MR) is 103 cm³/mol. The van der Waals surface area contributed by atoms with Gasteiger partial charge in [-0.2, -0.15) is 0 Å². The van der Waals surface area contributed by atoms with Gasteiger partial charge in [-0.05, 0) is 25.1 Å². The van der Waals surface area contributed by atoms with Gasteiger partial charge in [0, 0.05) is 30.7 Å². The fourth-order valence-electron chi connectivity index (χ4n) is 2.37. The number of rotatable bonds is 4. The molecule has 140 valence electrons. The molecule has 0 amide bonds. The van der Waals surface area contributed by atoms with E-state index in [2.05, 4.69) is 9.36 Å². The van der Waals surface area contributed by atoms with Crippen LogP contribution in [0.4, 0.5) is 11.4 Å². The third-order valence-electron chi connectivity index (χ3n) is 3.65. The number of carbonyl (C=O) groups is 1. The lowest BCUT2D eigenvalue weighted by atomic mass is 10.1. The van der Waals surface area contributed by atoms with Gasteiger partial charge in [0.05, 0.1) is 15.5 Å². The molecule has 0 spiro atoms. The summed E-state index contributed by atoms with van der Waals surface area (Å²) in [5, 5.41) is 11.2. The summed E-state index contributed by atoms with van der Waals surface area (Å²) in [5.74, 6) is 0.957. The van der Waals surface area contributed by atoms with Crippen LogP contribution in [0.25, 0.3) is 0 Å². The average Bonchev–Trinajstić information content (AvgIpc) is 2.63. The average molecular weight is 399 g/mol. The third kappa shape index (κ3) is 4.89. The summed E-state index contributed by atoms with van der Waals surface area (Å²) in [4.78, 5) is 26.9. The number of aliphatic imine (C=N–C) groups is 1. The van der Waals surface area contributed by atoms with E-state index in [0.29, 0.717) is 0 Å². The Labute approximate surface area is 158 Å². The van der Waals surface area contributed by atoms with E-state index in [-0.39, 0.29) is 38.5 Å². The van der Waals surface area contributed by atoms with Gasteiger partial charge in [-0.15, -0.1) is 0 Å². The third-order valence-corrected chi connectivity index (χ3v) is 5.99. The first kappa shape index (κ1) is 20.1. The SMILES string of the molecule is CN=C(C=CN)OC(=O)c1ccc([N+](=O)[O-])c(N=S2CCCCC2)c1Cl. The van der Waals surface area contributed by atoms with Crippen molar-refractivity contribution < 1.29 is 14.5 Å². The molecule has 0 unspecified atom stereocenters. The van der Waals surface area contributed by atoms with Crippen LogP contribution in [-0.2, 0) is 15.4 Å². The maximum atomic E-state index is 12.4. The zero-order valence-corrected chi connectivity index (χ0v) is 15.8. The molecular weight excluding hydrogens is 380 g/mol. The Kier molecular flexibility index (Phi) is 7.28. The maximum absolute atomic E-state index is 12.4. The van der Waals surface area contributed by atoms with Crippen molar-refractivity contribution in [1.29, 1.82) is 0 Å². The molecule has 2 rings (SSSR count). The van der Waals surface area contributed by atoms with E-state index >= 15 is 0 Å². The molecule has 10 heteroatoms. The largest absolute Gasteiger partial charge is 0.404 e. The lowest BCUT2D eigenvalue weighted by Crippen LogP contribution is -2.12. The van der Waals surface area contributed by atoms with Crippen molar-refractivity contribution in [3.63, 3.8) is 0 Å². The molecule has 0 radical (unpaired) electrons. The van der Waals surface area contributed by atoms with Crippen molar-refractivity contribution in [3.8, 4) is 0 Å². The van der Waals surface area contributed by atoms with Gasteiger partial charge < -0.3 is 10.5 Å². The Morgan fingerprint density at radius 1 is 1.38 bits per heavy atom. The zero-order valence-electron chi connectivity index (χ0n) is 14.2. The summed E-state index contributed by atoms with van der Waals surface area (Å²) < 4.78 is 9.60. The quantitative estimate of drug-likeness (QED) is 0.273. The van der Waals surface area contributed by atoms with Gasteiger partial charge >= 0.3 is 5.97 Å². The van der Waals surface area contributed by atoms with Crippen molar-refractivity contribution >= 4 is 45.5 Å². The maximum Gasteiger partial charge on any atom is 0.346 e. The van der Waals surface area contributed by atoms with Gasteiger partial charge in [0.1, 0.15) is 0 Å². The highest BCUT2D eigenvalue weighted by Gasteiger charge is 2.25. The Bertz CT molecular complexity index is 800. The summed E-state index contributed by atoms with van der Waals surface area (Å²) in [6.45, 7) is 0. The Hall–Kier alpha value is -2.26. The molecule has 1 saturated heterocycles. The van der Waals surface area contributed by atoms with Crippen LogP contribution < -0.4 is 5.73 Å². The number of nitrogens with zero attached hydrogens (tertiary/aromatic N) is 3. The molecule has 26 heavy (non-hydrogen) atoms. The molecule has 0 atom stereocenters. The van der Waals surface area contributed by atoms with Crippen LogP contribution in [0.5, 0.6) is 0 Å². The minimum absolute atomic E-state index is 0.000404. The molecule has 2 N–H and O–H groups in total. The molecule has 0 saturated carbocycles. The second-order valence-electron chi connectivity index (χ2n) is 5.38. The van der Waals surface area contributed by atoms with Gasteiger partial charge in [0.2, 0.25) is 5.90 Å². The molecule has 1 aromatic carbocycles. The minimum atomic E-state index is -0.785. The van der Waals surface area contributed by atoms with Crippen molar-refractivity contribution in [3.05, 3.63) is 45.1 Å². The number of nitrogens with two attached hydrogens (primary N) is 1. The fourth-order valence-corrected chi connectivity index (χ4v) is 4.60. The first-order valence-electron chi connectivity index (χ1n) is 7.91. The number of carbonyl (C=O) groups excluding carboxylic acids is 1. The summed E-state index contributed by atoms with van der Waals surface area (Å²) in [5.41, 5.74) is 5.05. The summed E-state index contributed by atoms with van der Waals surface area (Å²) in [6.07, 6.45) is 5.68. The second-order valence-corrected chi connectivity index (χ2v) is 7.69. The highest BCUT2D eigenvalue weighted by molar-refractivity contribution is 7.87.